The van der Waals surface area contributed by atoms with E-state index in [0.29, 0.717) is 6.42 Å². The van der Waals surface area contributed by atoms with E-state index in [0.717, 1.165) is 44.9 Å². The predicted molar refractivity (Wildman–Crippen MR) is 193 cm³/mol. The first-order chi connectivity index (χ1) is 23.3. The Kier molecular flexibility index (Phi) is 28.0. The van der Waals surface area contributed by atoms with E-state index in [9.17, 15) is 30.3 Å². The Morgan fingerprint density at radius 1 is 0.729 bits per heavy atom. The van der Waals surface area contributed by atoms with Crippen LogP contribution in [0.5, 0.6) is 0 Å². The average molecular weight is 682 g/mol. The van der Waals surface area contributed by atoms with Crippen molar-refractivity contribution < 1.29 is 39.8 Å². The van der Waals surface area contributed by atoms with Crippen LogP contribution in [-0.4, -0.2) is 87.5 Å². The summed E-state index contributed by atoms with van der Waals surface area (Å²) in [6, 6.07) is -0.821. The van der Waals surface area contributed by atoms with E-state index >= 15 is 0 Å². The molecule has 0 saturated carbocycles. The number of carbonyl (C=O) groups excluding carboxylic acids is 1. The number of amides is 1. The SMILES string of the molecule is C/C=C/CC/C=C/CC/C=C/C(O)C(COC1OC(CO)C(O)C(O)C1O)NC(=O)CCCCCCCCCCCCCCCCCC. The van der Waals surface area contributed by atoms with Crippen LogP contribution in [0.15, 0.2) is 36.5 Å². The minimum atomic E-state index is -1.57. The third kappa shape index (κ3) is 21.5. The van der Waals surface area contributed by atoms with Crippen LogP contribution in [0.3, 0.4) is 0 Å². The number of ether oxygens (including phenoxy) is 2. The number of aliphatic hydroxyl groups excluding tert-OH is 5. The second-order valence-electron chi connectivity index (χ2n) is 13.4. The second-order valence-corrected chi connectivity index (χ2v) is 13.4. The minimum absolute atomic E-state index is 0.195. The molecule has 1 fully saturated rings. The largest absolute Gasteiger partial charge is 0.394 e. The van der Waals surface area contributed by atoms with Gasteiger partial charge >= 0.3 is 0 Å². The molecule has 1 amide bonds. The molecule has 7 atom stereocenters. The first-order valence-electron chi connectivity index (χ1n) is 19.2. The molecule has 9 nitrogen and oxygen atoms in total. The molecule has 280 valence electrons. The molecule has 1 saturated heterocycles. The van der Waals surface area contributed by atoms with Gasteiger partial charge in [-0.05, 0) is 39.0 Å². The van der Waals surface area contributed by atoms with Crippen molar-refractivity contribution in [2.24, 2.45) is 0 Å². The molecule has 6 N–H and O–H groups in total. The molecule has 1 heterocycles. The molecule has 1 aliphatic heterocycles. The van der Waals surface area contributed by atoms with Gasteiger partial charge in [-0.25, -0.2) is 0 Å². The zero-order chi connectivity index (χ0) is 35.2. The monoisotopic (exact) mass is 682 g/mol. The Bertz CT molecular complexity index is 848. The van der Waals surface area contributed by atoms with E-state index in [4.69, 9.17) is 9.47 Å². The van der Waals surface area contributed by atoms with Crippen LogP contribution in [0.25, 0.3) is 0 Å². The number of hydrogen-bond donors (Lipinski definition) is 6. The highest BCUT2D eigenvalue weighted by Gasteiger charge is 2.44. The van der Waals surface area contributed by atoms with Crippen LogP contribution in [0, 0.1) is 0 Å². The van der Waals surface area contributed by atoms with Crippen molar-refractivity contribution in [3.8, 4) is 0 Å². The molecule has 0 aromatic rings. The third-order valence-corrected chi connectivity index (χ3v) is 9.04. The molecule has 0 spiro atoms. The van der Waals surface area contributed by atoms with Gasteiger partial charge in [0.15, 0.2) is 6.29 Å². The number of hydrogen-bond acceptors (Lipinski definition) is 8. The fourth-order valence-corrected chi connectivity index (χ4v) is 5.90. The van der Waals surface area contributed by atoms with Gasteiger partial charge < -0.3 is 40.3 Å². The Hall–Kier alpha value is -1.59. The molecule has 1 aliphatic rings. The van der Waals surface area contributed by atoms with Gasteiger partial charge in [0.05, 0.1) is 25.4 Å². The highest BCUT2D eigenvalue weighted by Crippen LogP contribution is 2.22. The summed E-state index contributed by atoms with van der Waals surface area (Å²) in [6.07, 6.45) is 27.8. The quantitative estimate of drug-likeness (QED) is 0.0370. The van der Waals surface area contributed by atoms with Crippen molar-refractivity contribution in [3.63, 3.8) is 0 Å². The molecule has 7 unspecified atom stereocenters. The lowest BCUT2D eigenvalue weighted by atomic mass is 9.99. The summed E-state index contributed by atoms with van der Waals surface area (Å²) < 4.78 is 11.1. The maximum atomic E-state index is 12.8. The van der Waals surface area contributed by atoms with E-state index in [1.807, 2.05) is 19.1 Å². The molecule has 48 heavy (non-hydrogen) atoms. The van der Waals surface area contributed by atoms with Crippen molar-refractivity contribution in [2.75, 3.05) is 13.2 Å². The van der Waals surface area contributed by atoms with Crippen LogP contribution in [0.2, 0.25) is 0 Å². The molecule has 0 aliphatic carbocycles. The first-order valence-corrected chi connectivity index (χ1v) is 19.2. The van der Waals surface area contributed by atoms with Gasteiger partial charge in [-0.1, -0.05) is 140 Å². The van der Waals surface area contributed by atoms with E-state index in [2.05, 4.69) is 30.5 Å². The summed E-state index contributed by atoms with van der Waals surface area (Å²) in [6.45, 7) is 3.49. The van der Waals surface area contributed by atoms with Gasteiger partial charge in [-0.2, -0.15) is 0 Å². The molecule has 1 rings (SSSR count). The van der Waals surface area contributed by atoms with E-state index in [1.165, 1.54) is 83.5 Å². The van der Waals surface area contributed by atoms with Crippen molar-refractivity contribution >= 4 is 5.91 Å². The highest BCUT2D eigenvalue weighted by molar-refractivity contribution is 5.76. The van der Waals surface area contributed by atoms with Crippen LogP contribution in [-0.2, 0) is 14.3 Å². The second kappa shape index (κ2) is 30.3. The fraction of sp³-hybridized carbons (Fsp3) is 0.821. The lowest BCUT2D eigenvalue weighted by molar-refractivity contribution is -0.302. The standard InChI is InChI=1S/C39H71NO8/c1-3-5-7-9-11-13-14-15-16-17-18-19-21-23-25-27-29-35(43)40-32(33(42)28-26-24-22-20-12-10-8-6-4-2)31-47-39-38(46)37(45)36(44)34(30-41)48-39/h4,6,12,20,26,28,32-34,36-39,41-42,44-46H,3,5,7-11,13-19,21-25,27,29-31H2,1-2H3,(H,40,43)/b6-4+,20-12+,28-26+. The van der Waals surface area contributed by atoms with Gasteiger partial charge in [0.2, 0.25) is 5.91 Å². The van der Waals surface area contributed by atoms with E-state index < -0.39 is 49.5 Å². The van der Waals surface area contributed by atoms with Crippen molar-refractivity contribution in [1.29, 1.82) is 0 Å². The smallest absolute Gasteiger partial charge is 0.220 e. The van der Waals surface area contributed by atoms with Gasteiger partial charge in [0.1, 0.15) is 24.4 Å². The van der Waals surface area contributed by atoms with Crippen LogP contribution >= 0.6 is 0 Å². The van der Waals surface area contributed by atoms with Gasteiger partial charge in [-0.15, -0.1) is 0 Å². The van der Waals surface area contributed by atoms with Gasteiger partial charge in [0.25, 0.3) is 0 Å². The molecule has 0 aromatic carbocycles. The molecular weight excluding hydrogens is 610 g/mol. The lowest BCUT2D eigenvalue weighted by Crippen LogP contribution is -2.60. The molecule has 0 bridgehead atoms. The summed E-state index contributed by atoms with van der Waals surface area (Å²) >= 11 is 0. The first kappa shape index (κ1) is 44.4. The number of carbonyl (C=O) groups is 1. The minimum Gasteiger partial charge on any atom is -0.394 e. The molecule has 9 heteroatoms. The number of unbranched alkanes of at least 4 members (excludes halogenated alkanes) is 17. The van der Waals surface area contributed by atoms with Crippen LogP contribution in [0.1, 0.15) is 149 Å². The zero-order valence-corrected chi connectivity index (χ0v) is 30.2. The normalized spacial score (nSPS) is 23.0. The molecular formula is C39H71NO8. The highest BCUT2D eigenvalue weighted by atomic mass is 16.7. The topological polar surface area (TPSA) is 149 Å². The Morgan fingerprint density at radius 2 is 1.23 bits per heavy atom. The van der Waals surface area contributed by atoms with E-state index in [1.54, 1.807) is 6.08 Å². The van der Waals surface area contributed by atoms with Crippen molar-refractivity contribution in [3.05, 3.63) is 36.5 Å². The summed E-state index contributed by atoms with van der Waals surface area (Å²) in [5.41, 5.74) is 0. The average Bonchev–Trinajstić information content (AvgIpc) is 3.08. The van der Waals surface area contributed by atoms with E-state index in [-0.39, 0.29) is 12.5 Å². The summed E-state index contributed by atoms with van der Waals surface area (Å²) in [4.78, 5) is 12.8. The summed E-state index contributed by atoms with van der Waals surface area (Å²) in [5.74, 6) is -0.195. The Balaban J connectivity index is 2.41. The molecule has 0 radical (unpaired) electrons. The number of nitrogens with one attached hydrogen (secondary N) is 1. The van der Waals surface area contributed by atoms with Crippen LogP contribution in [0.4, 0.5) is 0 Å². The maximum absolute atomic E-state index is 12.8. The third-order valence-electron chi connectivity index (χ3n) is 9.04. The number of allylic oxidation sites excluding steroid dienone is 5. The van der Waals surface area contributed by atoms with Gasteiger partial charge in [0, 0.05) is 6.42 Å². The molecule has 0 aromatic heterocycles. The number of aliphatic hydroxyl groups is 5. The zero-order valence-electron chi connectivity index (χ0n) is 30.2. The summed E-state index contributed by atoms with van der Waals surface area (Å²) in [7, 11) is 0. The number of rotatable bonds is 30. The lowest BCUT2D eigenvalue weighted by Gasteiger charge is -2.40. The predicted octanol–water partition coefficient (Wildman–Crippen LogP) is 6.55. The summed E-state index contributed by atoms with van der Waals surface area (Å²) in [5, 5.41) is 53.7. The fourth-order valence-electron chi connectivity index (χ4n) is 5.90. The van der Waals surface area contributed by atoms with Crippen molar-refractivity contribution in [2.45, 2.75) is 192 Å². The maximum Gasteiger partial charge on any atom is 0.220 e. The Labute approximate surface area is 291 Å². The van der Waals surface area contributed by atoms with Crippen LogP contribution < -0.4 is 5.32 Å². The van der Waals surface area contributed by atoms with Crippen molar-refractivity contribution in [1.82, 2.24) is 5.32 Å². The van der Waals surface area contributed by atoms with Gasteiger partial charge in [-0.3, -0.25) is 4.79 Å². The Morgan fingerprint density at radius 3 is 1.75 bits per heavy atom.